The summed E-state index contributed by atoms with van der Waals surface area (Å²) in [5.41, 5.74) is 5.32. The number of anilines is 2. The zero-order valence-electron chi connectivity index (χ0n) is 18.3. The normalized spacial score (nSPS) is 13.7. The van der Waals surface area contributed by atoms with Crippen LogP contribution in [0.5, 0.6) is 5.75 Å². The van der Waals surface area contributed by atoms with E-state index in [2.05, 4.69) is 5.32 Å². The fourth-order valence-electron chi connectivity index (χ4n) is 3.80. The molecule has 0 saturated heterocycles. The van der Waals surface area contributed by atoms with Crippen molar-refractivity contribution < 1.29 is 14.3 Å². The van der Waals surface area contributed by atoms with Gasteiger partial charge in [-0.25, -0.2) is 4.90 Å². The summed E-state index contributed by atoms with van der Waals surface area (Å²) < 4.78 is 5.21. The number of hydrogen-bond acceptors (Lipinski definition) is 4. The number of hydrogen-bond donors (Lipinski definition) is 1. The molecule has 32 heavy (non-hydrogen) atoms. The molecular formula is C26H23ClN2O3. The van der Waals surface area contributed by atoms with Gasteiger partial charge in [0.2, 0.25) is 0 Å². The maximum atomic E-state index is 13.6. The van der Waals surface area contributed by atoms with Crippen molar-refractivity contribution in [3.8, 4) is 5.75 Å². The van der Waals surface area contributed by atoms with Crippen LogP contribution < -0.4 is 15.0 Å². The molecule has 1 aliphatic heterocycles. The zero-order chi connectivity index (χ0) is 23.0. The summed E-state index contributed by atoms with van der Waals surface area (Å²) in [7, 11) is 1.54. The monoisotopic (exact) mass is 446 g/mol. The first-order valence-electron chi connectivity index (χ1n) is 10.2. The van der Waals surface area contributed by atoms with Gasteiger partial charge in [0.05, 0.1) is 23.4 Å². The number of carbonyl (C=O) groups is 2. The van der Waals surface area contributed by atoms with Gasteiger partial charge in [0.15, 0.2) is 0 Å². The van der Waals surface area contributed by atoms with Crippen molar-refractivity contribution >= 4 is 40.4 Å². The van der Waals surface area contributed by atoms with Gasteiger partial charge in [-0.05, 0) is 56.2 Å². The van der Waals surface area contributed by atoms with Gasteiger partial charge in [-0.15, -0.1) is 0 Å². The Hall–Kier alpha value is -3.57. The van der Waals surface area contributed by atoms with Gasteiger partial charge in [0.1, 0.15) is 11.4 Å². The van der Waals surface area contributed by atoms with Crippen LogP contribution in [0.1, 0.15) is 22.3 Å². The van der Waals surface area contributed by atoms with E-state index in [-0.39, 0.29) is 11.6 Å². The molecule has 5 nitrogen and oxygen atoms in total. The van der Waals surface area contributed by atoms with Crippen LogP contribution in [-0.2, 0) is 9.59 Å². The maximum absolute atomic E-state index is 13.6. The third-order valence-electron chi connectivity index (χ3n) is 5.44. The number of amides is 2. The number of aryl methyl sites for hydroxylation is 3. The summed E-state index contributed by atoms with van der Waals surface area (Å²) in [6.45, 7) is 5.84. The number of carbonyl (C=O) groups excluding carboxylic acids is 2. The number of benzene rings is 3. The van der Waals surface area contributed by atoms with Gasteiger partial charge in [0, 0.05) is 5.69 Å². The number of nitrogens with one attached hydrogen (secondary N) is 1. The van der Waals surface area contributed by atoms with Crippen molar-refractivity contribution in [2.75, 3.05) is 17.3 Å². The molecule has 0 aliphatic carbocycles. The number of methoxy groups -OCH3 is 1. The summed E-state index contributed by atoms with van der Waals surface area (Å²) in [6, 6.07) is 18.3. The third kappa shape index (κ3) is 3.87. The van der Waals surface area contributed by atoms with E-state index in [1.165, 1.54) is 12.0 Å². The highest BCUT2D eigenvalue weighted by molar-refractivity contribution is 6.46. The highest BCUT2D eigenvalue weighted by Crippen LogP contribution is 2.36. The van der Waals surface area contributed by atoms with Crippen LogP contribution in [0, 0.1) is 20.8 Å². The van der Waals surface area contributed by atoms with E-state index in [9.17, 15) is 9.59 Å². The molecule has 1 N–H and O–H groups in total. The van der Waals surface area contributed by atoms with E-state index in [1.54, 1.807) is 24.3 Å². The van der Waals surface area contributed by atoms with Crippen molar-refractivity contribution in [1.29, 1.82) is 0 Å². The van der Waals surface area contributed by atoms with Gasteiger partial charge < -0.3 is 10.1 Å². The minimum atomic E-state index is -0.413. The Morgan fingerprint density at radius 2 is 1.53 bits per heavy atom. The molecule has 0 unspecified atom stereocenters. The second-order valence-electron chi connectivity index (χ2n) is 7.83. The van der Waals surface area contributed by atoms with Gasteiger partial charge in [-0.1, -0.05) is 59.1 Å². The number of rotatable bonds is 5. The molecule has 4 rings (SSSR count). The second-order valence-corrected chi connectivity index (χ2v) is 8.23. The van der Waals surface area contributed by atoms with Crippen molar-refractivity contribution in [2.45, 2.75) is 20.8 Å². The number of ether oxygens (including phenoxy) is 1. The predicted molar refractivity (Wildman–Crippen MR) is 128 cm³/mol. The fourth-order valence-corrected chi connectivity index (χ4v) is 4.05. The molecule has 0 aromatic heterocycles. The second kappa shape index (κ2) is 8.52. The lowest BCUT2D eigenvalue weighted by Gasteiger charge is -2.18. The van der Waals surface area contributed by atoms with Crippen molar-refractivity contribution in [1.82, 2.24) is 0 Å². The topological polar surface area (TPSA) is 58.6 Å². The van der Waals surface area contributed by atoms with Gasteiger partial charge in [-0.2, -0.15) is 0 Å². The molecule has 1 heterocycles. The van der Waals surface area contributed by atoms with Crippen molar-refractivity contribution in [3.63, 3.8) is 0 Å². The molecule has 6 heteroatoms. The fraction of sp³-hybridized carbons (Fsp3) is 0.154. The van der Waals surface area contributed by atoms with Crippen LogP contribution in [0.2, 0.25) is 5.02 Å². The van der Waals surface area contributed by atoms with E-state index in [0.29, 0.717) is 33.3 Å². The highest BCUT2D eigenvalue weighted by atomic mass is 35.5. The van der Waals surface area contributed by atoms with E-state index in [4.69, 9.17) is 16.3 Å². The van der Waals surface area contributed by atoms with E-state index in [0.717, 1.165) is 16.7 Å². The Bertz CT molecular complexity index is 1260. The molecule has 0 radical (unpaired) electrons. The molecule has 2 amide bonds. The number of halogens is 1. The number of nitrogens with zero attached hydrogens (tertiary/aromatic N) is 1. The zero-order valence-corrected chi connectivity index (χ0v) is 19.1. The molecule has 0 spiro atoms. The lowest BCUT2D eigenvalue weighted by molar-refractivity contribution is -0.120. The van der Waals surface area contributed by atoms with Crippen LogP contribution in [0.25, 0.3) is 5.57 Å². The van der Waals surface area contributed by atoms with Crippen molar-refractivity contribution in [2.24, 2.45) is 0 Å². The minimum Gasteiger partial charge on any atom is -0.495 e. The third-order valence-corrected chi connectivity index (χ3v) is 5.73. The van der Waals surface area contributed by atoms with Crippen LogP contribution in [-0.4, -0.2) is 18.9 Å². The lowest BCUT2D eigenvalue weighted by Crippen LogP contribution is -2.33. The van der Waals surface area contributed by atoms with Crippen LogP contribution in [0.4, 0.5) is 11.4 Å². The Morgan fingerprint density at radius 1 is 0.844 bits per heavy atom. The van der Waals surface area contributed by atoms with Crippen LogP contribution in [0.3, 0.4) is 0 Å². The highest BCUT2D eigenvalue weighted by Gasteiger charge is 2.40. The molecule has 1 aliphatic rings. The molecule has 0 fully saturated rings. The largest absolute Gasteiger partial charge is 0.495 e. The first-order valence-corrected chi connectivity index (χ1v) is 10.6. The van der Waals surface area contributed by atoms with E-state index >= 15 is 0 Å². The molecular weight excluding hydrogens is 424 g/mol. The Morgan fingerprint density at radius 3 is 2.16 bits per heavy atom. The van der Waals surface area contributed by atoms with Crippen LogP contribution >= 0.6 is 11.6 Å². The summed E-state index contributed by atoms with van der Waals surface area (Å²) in [4.78, 5) is 28.3. The first kappa shape index (κ1) is 21.7. The quantitative estimate of drug-likeness (QED) is 0.513. The smallest absolute Gasteiger partial charge is 0.282 e. The first-order chi connectivity index (χ1) is 15.3. The lowest BCUT2D eigenvalue weighted by atomic mass is 10.0. The maximum Gasteiger partial charge on any atom is 0.282 e. The van der Waals surface area contributed by atoms with Crippen LogP contribution in [0.15, 0.2) is 66.4 Å². The van der Waals surface area contributed by atoms with Gasteiger partial charge >= 0.3 is 0 Å². The standard InChI is InChI=1S/C26H23ClN2O3/c1-15-5-8-18(9-6-15)23-24(28-19-10-12-22(32-4)20(27)14-19)26(31)29(25(23)30)21-11-7-16(2)13-17(21)3/h5-14,28H,1-4H3. The molecule has 3 aromatic carbocycles. The molecule has 3 aromatic rings. The minimum absolute atomic E-state index is 0.208. The Kier molecular flexibility index (Phi) is 5.76. The summed E-state index contributed by atoms with van der Waals surface area (Å²) >= 11 is 6.27. The Labute approximate surface area is 192 Å². The SMILES string of the molecule is COc1ccc(NC2=C(c3ccc(C)cc3)C(=O)N(c3ccc(C)cc3C)C2=O)cc1Cl. The molecule has 162 valence electrons. The number of imide groups is 1. The average molecular weight is 447 g/mol. The van der Waals surface area contributed by atoms with Gasteiger partial charge in [-0.3, -0.25) is 9.59 Å². The predicted octanol–water partition coefficient (Wildman–Crippen LogP) is 5.67. The average Bonchev–Trinajstić information content (AvgIpc) is 2.99. The Balaban J connectivity index is 1.82. The summed E-state index contributed by atoms with van der Waals surface area (Å²) in [5, 5.41) is 3.54. The molecule has 0 saturated carbocycles. The van der Waals surface area contributed by atoms with Gasteiger partial charge in [0.25, 0.3) is 11.8 Å². The summed E-state index contributed by atoms with van der Waals surface area (Å²) in [5.74, 6) is -0.256. The van der Waals surface area contributed by atoms with Crippen molar-refractivity contribution in [3.05, 3.63) is 93.6 Å². The molecule has 0 bridgehead atoms. The van der Waals surface area contributed by atoms with E-state index < -0.39 is 5.91 Å². The van der Waals surface area contributed by atoms with E-state index in [1.807, 2.05) is 57.2 Å². The summed E-state index contributed by atoms with van der Waals surface area (Å²) in [6.07, 6.45) is 0. The molecule has 0 atom stereocenters.